The fourth-order valence-corrected chi connectivity index (χ4v) is 2.54. The van der Waals surface area contributed by atoms with Crippen LogP contribution < -0.4 is 5.32 Å². The Morgan fingerprint density at radius 2 is 1.57 bits per heavy atom. The average molecular weight is 401 g/mol. The fraction of sp³-hybridized carbons (Fsp3) is 0.263. The molecule has 0 aromatic heterocycles. The zero-order chi connectivity index (χ0) is 20.9. The van der Waals surface area contributed by atoms with E-state index in [1.54, 1.807) is 0 Å². The van der Waals surface area contributed by atoms with Crippen molar-refractivity contribution in [1.82, 2.24) is 5.32 Å². The molecule has 1 N–H and O–H groups in total. The number of rotatable bonds is 6. The maximum Gasteiger partial charge on any atom is 0.416 e. The minimum absolute atomic E-state index is 0.0631. The number of hydrogen-bond acceptors (Lipinski definition) is 3. The van der Waals surface area contributed by atoms with Crippen LogP contribution in [0.25, 0.3) is 0 Å². The molecule has 0 saturated heterocycles. The zero-order valence-electron chi connectivity index (χ0n) is 14.6. The highest BCUT2D eigenvalue weighted by Gasteiger charge is 2.30. The second kappa shape index (κ2) is 8.81. The largest absolute Gasteiger partial charge is 0.467 e. The number of methoxy groups -OCH3 is 1. The monoisotopic (exact) mass is 401 g/mol. The van der Waals surface area contributed by atoms with E-state index < -0.39 is 47.7 Å². The lowest BCUT2D eigenvalue weighted by atomic mass is 10.0. The van der Waals surface area contributed by atoms with Gasteiger partial charge in [-0.3, -0.25) is 4.79 Å². The summed E-state index contributed by atoms with van der Waals surface area (Å²) in [6, 6.07) is 5.54. The van der Waals surface area contributed by atoms with Crippen molar-refractivity contribution in [2.75, 3.05) is 7.11 Å². The van der Waals surface area contributed by atoms with Crippen LogP contribution in [0.3, 0.4) is 0 Å². The number of alkyl halides is 3. The number of hydrogen-bond donors (Lipinski definition) is 1. The molecule has 0 fully saturated rings. The Kier molecular flexibility index (Phi) is 6.71. The maximum atomic E-state index is 13.2. The average Bonchev–Trinajstić information content (AvgIpc) is 2.59. The third kappa shape index (κ3) is 6.04. The van der Waals surface area contributed by atoms with Gasteiger partial charge in [0.05, 0.1) is 19.1 Å². The van der Waals surface area contributed by atoms with E-state index in [1.807, 2.05) is 0 Å². The number of ether oxygens (including phenoxy) is 1. The minimum atomic E-state index is -4.49. The molecule has 2 aromatic rings. The van der Waals surface area contributed by atoms with Crippen LogP contribution in [0.1, 0.15) is 16.7 Å². The molecule has 28 heavy (non-hydrogen) atoms. The summed E-state index contributed by atoms with van der Waals surface area (Å²) < 4.78 is 68.9. The molecule has 150 valence electrons. The molecule has 1 atom stereocenters. The SMILES string of the molecule is COC(=O)[C@H](Cc1ccc(C(F)(F)F)cc1)NC(=O)Cc1cc(F)cc(F)c1. The molecule has 2 rings (SSSR count). The van der Waals surface area contributed by atoms with E-state index in [0.717, 1.165) is 31.4 Å². The normalized spacial score (nSPS) is 12.4. The summed E-state index contributed by atoms with van der Waals surface area (Å²) in [6.45, 7) is 0. The number of halogens is 5. The van der Waals surface area contributed by atoms with Crippen LogP contribution in [-0.4, -0.2) is 25.0 Å². The van der Waals surface area contributed by atoms with Gasteiger partial charge in [0, 0.05) is 12.5 Å². The Bertz CT molecular complexity index is 829. The third-order valence-electron chi connectivity index (χ3n) is 3.83. The van der Waals surface area contributed by atoms with Gasteiger partial charge in [0.1, 0.15) is 17.7 Å². The molecule has 0 heterocycles. The van der Waals surface area contributed by atoms with E-state index in [2.05, 4.69) is 10.1 Å². The Morgan fingerprint density at radius 3 is 2.07 bits per heavy atom. The number of nitrogens with one attached hydrogen (secondary N) is 1. The zero-order valence-corrected chi connectivity index (χ0v) is 14.6. The topological polar surface area (TPSA) is 55.4 Å². The Balaban J connectivity index is 2.08. The molecule has 0 aliphatic carbocycles. The van der Waals surface area contributed by atoms with Gasteiger partial charge in [-0.1, -0.05) is 12.1 Å². The maximum absolute atomic E-state index is 13.2. The lowest BCUT2D eigenvalue weighted by molar-refractivity contribution is -0.145. The molecule has 0 aliphatic rings. The van der Waals surface area contributed by atoms with E-state index in [0.29, 0.717) is 11.6 Å². The van der Waals surface area contributed by atoms with Gasteiger partial charge < -0.3 is 10.1 Å². The lowest BCUT2D eigenvalue weighted by Gasteiger charge is -2.17. The summed E-state index contributed by atoms with van der Waals surface area (Å²) in [4.78, 5) is 24.0. The fourth-order valence-electron chi connectivity index (χ4n) is 2.54. The molecule has 0 radical (unpaired) electrons. The van der Waals surface area contributed by atoms with E-state index in [1.165, 1.54) is 12.1 Å². The highest BCUT2D eigenvalue weighted by atomic mass is 19.4. The first-order valence-electron chi connectivity index (χ1n) is 8.07. The summed E-state index contributed by atoms with van der Waals surface area (Å²) in [7, 11) is 1.09. The van der Waals surface area contributed by atoms with Gasteiger partial charge in [-0.2, -0.15) is 13.2 Å². The summed E-state index contributed by atoms with van der Waals surface area (Å²) in [6.07, 6.45) is -5.00. The first-order chi connectivity index (χ1) is 13.1. The molecule has 0 spiro atoms. The van der Waals surface area contributed by atoms with Crippen LogP contribution in [0.15, 0.2) is 42.5 Å². The highest BCUT2D eigenvalue weighted by Crippen LogP contribution is 2.29. The van der Waals surface area contributed by atoms with E-state index >= 15 is 0 Å². The summed E-state index contributed by atoms with van der Waals surface area (Å²) in [5.41, 5.74) is -0.420. The predicted octanol–water partition coefficient (Wildman–Crippen LogP) is 3.43. The first kappa shape index (κ1) is 21.3. The van der Waals surface area contributed by atoms with Crippen LogP contribution in [0.5, 0.6) is 0 Å². The quantitative estimate of drug-likeness (QED) is 0.596. The second-order valence-electron chi connectivity index (χ2n) is 6.00. The Labute approximate surface area is 157 Å². The summed E-state index contributed by atoms with van der Waals surface area (Å²) in [5, 5.41) is 2.37. The van der Waals surface area contributed by atoms with Gasteiger partial charge in [0.15, 0.2) is 0 Å². The first-order valence-corrected chi connectivity index (χ1v) is 8.07. The van der Waals surface area contributed by atoms with Crippen LogP contribution in [0.4, 0.5) is 22.0 Å². The van der Waals surface area contributed by atoms with Crippen LogP contribution in [-0.2, 0) is 33.3 Å². The van der Waals surface area contributed by atoms with E-state index in [9.17, 15) is 31.5 Å². The van der Waals surface area contributed by atoms with E-state index in [-0.39, 0.29) is 12.0 Å². The van der Waals surface area contributed by atoms with Crippen molar-refractivity contribution < 1.29 is 36.3 Å². The molecule has 0 aliphatic heterocycles. The molecule has 2 aromatic carbocycles. The second-order valence-corrected chi connectivity index (χ2v) is 6.00. The molecule has 4 nitrogen and oxygen atoms in total. The molecular weight excluding hydrogens is 385 g/mol. The highest BCUT2D eigenvalue weighted by molar-refractivity contribution is 5.85. The number of esters is 1. The standard InChI is InChI=1S/C19H16F5NO3/c1-28-18(27)16(8-11-2-4-13(5-3-11)19(22,23)24)25-17(26)9-12-6-14(20)10-15(21)7-12/h2-7,10,16H,8-9H2,1H3,(H,25,26)/t16-/m0/s1. The van der Waals surface area contributed by atoms with Crippen molar-refractivity contribution in [3.8, 4) is 0 Å². The molecular formula is C19H16F5NO3. The van der Waals surface area contributed by atoms with E-state index in [4.69, 9.17) is 0 Å². The summed E-state index contributed by atoms with van der Waals surface area (Å²) in [5.74, 6) is -3.21. The molecule has 9 heteroatoms. The van der Waals surface area contributed by atoms with Gasteiger partial charge in [-0.25, -0.2) is 13.6 Å². The number of carbonyl (C=O) groups is 2. The van der Waals surface area contributed by atoms with Gasteiger partial charge in [-0.05, 0) is 35.4 Å². The third-order valence-corrected chi connectivity index (χ3v) is 3.83. The van der Waals surface area contributed by atoms with Crippen LogP contribution in [0.2, 0.25) is 0 Å². The van der Waals surface area contributed by atoms with Crippen LogP contribution >= 0.6 is 0 Å². The van der Waals surface area contributed by atoms with Gasteiger partial charge in [-0.15, -0.1) is 0 Å². The van der Waals surface area contributed by atoms with Crippen molar-refractivity contribution >= 4 is 11.9 Å². The van der Waals surface area contributed by atoms with Crippen molar-refractivity contribution in [3.05, 3.63) is 70.8 Å². The van der Waals surface area contributed by atoms with Gasteiger partial charge in [0.2, 0.25) is 5.91 Å². The summed E-state index contributed by atoms with van der Waals surface area (Å²) >= 11 is 0. The minimum Gasteiger partial charge on any atom is -0.467 e. The molecule has 0 unspecified atom stereocenters. The van der Waals surface area contributed by atoms with Crippen LogP contribution in [0, 0.1) is 11.6 Å². The van der Waals surface area contributed by atoms with Gasteiger partial charge in [0.25, 0.3) is 0 Å². The Hall–Kier alpha value is -2.97. The Morgan fingerprint density at radius 1 is 1.00 bits per heavy atom. The van der Waals surface area contributed by atoms with Crippen molar-refractivity contribution in [3.63, 3.8) is 0 Å². The van der Waals surface area contributed by atoms with Crippen molar-refractivity contribution in [2.24, 2.45) is 0 Å². The molecule has 1 amide bonds. The molecule has 0 bridgehead atoms. The number of amides is 1. The smallest absolute Gasteiger partial charge is 0.416 e. The molecule has 0 saturated carbocycles. The van der Waals surface area contributed by atoms with Crippen molar-refractivity contribution in [1.29, 1.82) is 0 Å². The number of carbonyl (C=O) groups excluding carboxylic acids is 2. The predicted molar refractivity (Wildman–Crippen MR) is 89.2 cm³/mol. The number of benzene rings is 2. The van der Waals surface area contributed by atoms with Gasteiger partial charge >= 0.3 is 12.1 Å². The van der Waals surface area contributed by atoms with Crippen molar-refractivity contribution in [2.45, 2.75) is 25.1 Å². The lowest BCUT2D eigenvalue weighted by Crippen LogP contribution is -2.43.